The Hall–Kier alpha value is -5.49. The third kappa shape index (κ3) is 11.0. The Morgan fingerprint density at radius 3 is 0.957 bits per heavy atom. The van der Waals surface area contributed by atoms with E-state index >= 15 is 0 Å². The number of aliphatic hydroxyl groups excluding tert-OH is 1. The van der Waals surface area contributed by atoms with Gasteiger partial charge < -0.3 is 30.1 Å². The number of hydrogen-bond donors (Lipinski definition) is 2. The summed E-state index contributed by atoms with van der Waals surface area (Å²) in [5.41, 5.74) is 18.4. The van der Waals surface area contributed by atoms with Crippen molar-refractivity contribution in [3.8, 4) is 39.1 Å². The molecular weight excluding hydrogens is 903 g/mol. The van der Waals surface area contributed by atoms with Crippen molar-refractivity contribution in [2.75, 3.05) is 7.11 Å². The monoisotopic (exact) mass is 979 g/mol. The SMILES string of the molecule is CC(C)(C)c1cc(-c2c3ccc([n-]3)c(-c3cc(C(C)(C)C)cc(C(C)(C)C)c3)c3ccc([n-]3)[c+](-c3cc(C(C)(C)C)cc(C(C)(C)C)c3)c3ccc([n-]3)[c+](O)c3ccc2[n-]3)cc(C(C)(C)C)c1.CO.[Ni+2]. The predicted octanol–water partition coefficient (Wildman–Crippen LogP) is 15.9. The molecule has 6 nitrogen and oxygen atoms in total. The normalized spacial score (nSPS) is 12.8. The van der Waals surface area contributed by atoms with Crippen LogP contribution in [0.3, 0.4) is 0 Å². The number of hydrogen-bond acceptors (Lipinski definition) is 2. The van der Waals surface area contributed by atoms with Crippen molar-refractivity contribution in [1.82, 2.24) is 19.9 Å². The van der Waals surface area contributed by atoms with Gasteiger partial charge in [-0.1, -0.05) is 179 Å². The van der Waals surface area contributed by atoms with Crippen LogP contribution in [0.4, 0.5) is 0 Å². The number of aromatic hydroxyl groups is 1. The van der Waals surface area contributed by atoms with Gasteiger partial charge in [0.2, 0.25) is 0 Å². The van der Waals surface area contributed by atoms with E-state index in [2.05, 4.69) is 203 Å². The number of fused-ring (bicyclic) bond motifs is 8. The van der Waals surface area contributed by atoms with E-state index in [1.54, 1.807) is 0 Å². The van der Waals surface area contributed by atoms with Crippen molar-refractivity contribution in [2.24, 2.45) is 0 Å². The van der Waals surface area contributed by atoms with E-state index in [9.17, 15) is 5.11 Å². The van der Waals surface area contributed by atoms with Crippen molar-refractivity contribution in [2.45, 2.75) is 157 Å². The van der Waals surface area contributed by atoms with Crippen LogP contribution in [0.15, 0.2) is 103 Å². The average molecular weight is 980 g/mol. The molecule has 0 saturated carbocycles. The number of rotatable bonds is 3. The zero-order valence-corrected chi connectivity index (χ0v) is 46.3. The molecule has 8 bridgehead atoms. The standard InChI is InChI=1S/C62H72N4O.CH4O.Ni/c1-57(2,3)39-27-36(28-40(33-39)58(4,5)6)53-45-19-21-47(63-45)54(37-29-41(59(7,8)9)34-42(30-37)60(10,11)12)49-23-25-51(65-49)56(67)52-26-24-50(66-52)55(48-22-20-46(53)64-48)38-31-43(61(13,14)15)35-44(32-38)62(16,17)18;1-2;/h19-35,67H,1-18H3;2H,1H3;/q-2;;+2. The molecule has 7 heteroatoms. The summed E-state index contributed by atoms with van der Waals surface area (Å²) in [6.07, 6.45) is 0. The Morgan fingerprint density at radius 1 is 0.329 bits per heavy atom. The third-order valence-electron chi connectivity index (χ3n) is 13.4. The Kier molecular flexibility index (Phi) is 14.6. The second-order valence-corrected chi connectivity index (χ2v) is 25.2. The van der Waals surface area contributed by atoms with E-state index in [-0.39, 0.29) is 54.7 Å². The zero-order valence-electron chi connectivity index (χ0n) is 45.3. The van der Waals surface area contributed by atoms with Gasteiger partial charge in [0.1, 0.15) is 0 Å². The van der Waals surface area contributed by atoms with Crippen LogP contribution in [-0.2, 0) is 49.0 Å². The van der Waals surface area contributed by atoms with Gasteiger partial charge in [0, 0.05) is 54.0 Å². The minimum absolute atomic E-state index is 0. The summed E-state index contributed by atoms with van der Waals surface area (Å²) in [5.74, 6) is 0.0252. The maximum atomic E-state index is 12.1. The van der Waals surface area contributed by atoms with E-state index < -0.39 is 0 Å². The quantitative estimate of drug-likeness (QED) is 0.135. The van der Waals surface area contributed by atoms with E-state index in [1.165, 1.54) is 33.4 Å². The molecule has 0 aliphatic rings. The molecule has 0 fully saturated rings. The van der Waals surface area contributed by atoms with Gasteiger partial charge in [0.25, 0.3) is 0 Å². The molecule has 370 valence electrons. The molecule has 8 rings (SSSR count). The zero-order chi connectivity index (χ0) is 51.0. The van der Waals surface area contributed by atoms with Crippen LogP contribution in [-0.4, -0.2) is 17.3 Å². The molecule has 2 N–H and O–H groups in total. The molecule has 3 aromatic carbocycles. The molecule has 0 radical (unpaired) electrons. The minimum Gasteiger partial charge on any atom is -0.657 e. The first kappa shape index (κ1) is 53.9. The average Bonchev–Trinajstić information content (AvgIpc) is 4.09. The Bertz CT molecular complexity index is 3030. The van der Waals surface area contributed by atoms with Gasteiger partial charge in [0.05, 0.1) is 5.56 Å². The van der Waals surface area contributed by atoms with Gasteiger partial charge in [-0.25, -0.2) is 0 Å². The van der Waals surface area contributed by atoms with Crippen molar-refractivity contribution in [3.63, 3.8) is 0 Å². The molecular formula is C63H76N4NiO2. The summed E-state index contributed by atoms with van der Waals surface area (Å²) in [4.78, 5) is 21.7. The minimum atomic E-state index is -0.111. The molecule has 70 heavy (non-hydrogen) atoms. The van der Waals surface area contributed by atoms with Crippen LogP contribution in [0.2, 0.25) is 0 Å². The fourth-order valence-corrected chi connectivity index (χ4v) is 8.87. The van der Waals surface area contributed by atoms with Crippen LogP contribution in [0.1, 0.15) is 158 Å². The summed E-state index contributed by atoms with van der Waals surface area (Å²) in [7, 11) is 1.00. The van der Waals surface area contributed by atoms with Crippen LogP contribution in [0.25, 0.3) is 77.5 Å². The van der Waals surface area contributed by atoms with Crippen molar-refractivity contribution >= 4 is 44.1 Å². The number of nitrogens with zero attached hydrogens (tertiary/aromatic N) is 4. The van der Waals surface area contributed by atoms with E-state index in [0.29, 0.717) is 11.0 Å². The van der Waals surface area contributed by atoms with Crippen LogP contribution in [0, 0.1) is 0 Å². The van der Waals surface area contributed by atoms with Crippen molar-refractivity contribution in [3.05, 3.63) is 137 Å². The second kappa shape index (κ2) is 18.9. The van der Waals surface area contributed by atoms with Gasteiger partial charge in [0.15, 0.2) is 5.75 Å². The summed E-state index contributed by atoms with van der Waals surface area (Å²) in [6.45, 7) is 40.9. The van der Waals surface area contributed by atoms with Gasteiger partial charge in [-0.05, 0) is 118 Å². The van der Waals surface area contributed by atoms with Crippen molar-refractivity contribution in [1.29, 1.82) is 0 Å². The summed E-state index contributed by atoms with van der Waals surface area (Å²) >= 11 is 0. The van der Waals surface area contributed by atoms with Gasteiger partial charge in [-0.15, -0.1) is 22.1 Å². The maximum Gasteiger partial charge on any atom is 2.00 e. The van der Waals surface area contributed by atoms with E-state index in [4.69, 9.17) is 25.0 Å². The van der Waals surface area contributed by atoms with Crippen LogP contribution < -0.4 is 19.9 Å². The topological polar surface area (TPSA) is 96.9 Å². The number of aliphatic hydroxyl groups is 1. The Labute approximate surface area is 428 Å². The van der Waals surface area contributed by atoms with Crippen molar-refractivity contribution < 1.29 is 26.7 Å². The molecule has 0 spiro atoms. The van der Waals surface area contributed by atoms with Crippen LogP contribution in [0.5, 0.6) is 5.75 Å². The van der Waals surface area contributed by atoms with E-state index in [1.807, 2.05) is 24.3 Å². The molecule has 0 aliphatic heterocycles. The fraction of sp³-hybridized carbons (Fsp3) is 0.397. The molecule has 5 aromatic heterocycles. The summed E-state index contributed by atoms with van der Waals surface area (Å²) < 4.78 is 0. The van der Waals surface area contributed by atoms with Gasteiger partial charge in [-0.3, -0.25) is 0 Å². The van der Waals surface area contributed by atoms with Gasteiger partial charge in [-0.2, -0.15) is 0 Å². The number of aromatic nitrogens is 4. The Morgan fingerprint density at radius 2 is 0.586 bits per heavy atom. The molecule has 0 atom stereocenters. The largest absolute Gasteiger partial charge is 2.00 e. The first-order valence-corrected chi connectivity index (χ1v) is 24.5. The fourth-order valence-electron chi connectivity index (χ4n) is 8.87. The first-order chi connectivity index (χ1) is 31.9. The van der Waals surface area contributed by atoms with Gasteiger partial charge >= 0.3 is 16.5 Å². The molecule has 5 heterocycles. The smallest absolute Gasteiger partial charge is 0.657 e. The maximum absolute atomic E-state index is 12.1. The van der Waals surface area contributed by atoms with Crippen LogP contribution >= 0.6 is 0 Å². The summed E-state index contributed by atoms with van der Waals surface area (Å²) in [5, 5.41) is 19.1. The predicted molar refractivity (Wildman–Crippen MR) is 295 cm³/mol. The third-order valence-corrected chi connectivity index (χ3v) is 13.4. The first-order valence-electron chi connectivity index (χ1n) is 24.5. The Balaban J connectivity index is 0.00000264. The van der Waals surface area contributed by atoms with E-state index in [0.717, 1.165) is 73.6 Å². The second-order valence-electron chi connectivity index (χ2n) is 25.2. The molecule has 0 saturated heterocycles. The molecule has 0 unspecified atom stereocenters. The molecule has 8 aromatic rings. The number of benzene rings is 3. The summed E-state index contributed by atoms with van der Waals surface area (Å²) in [6, 6.07) is 37.4. The molecule has 0 aliphatic carbocycles. The molecule has 0 amide bonds.